The first-order valence-electron chi connectivity index (χ1n) is 10.3. The van der Waals surface area contributed by atoms with Crippen LogP contribution in [0.2, 0.25) is 11.0 Å². The van der Waals surface area contributed by atoms with E-state index < -0.39 is 23.9 Å². The van der Waals surface area contributed by atoms with Crippen LogP contribution in [0.1, 0.15) is 44.3 Å². The molecule has 3 aliphatic rings. The Hall–Kier alpha value is -1.81. The molecule has 0 bridgehead atoms. The number of nitrogens with zero attached hydrogens (tertiary/aromatic N) is 3. The van der Waals surface area contributed by atoms with Crippen LogP contribution in [0.3, 0.4) is 0 Å². The van der Waals surface area contributed by atoms with E-state index in [0.29, 0.717) is 12.0 Å². The third kappa shape index (κ3) is 4.30. The van der Waals surface area contributed by atoms with E-state index in [4.69, 9.17) is 0 Å². The zero-order valence-electron chi connectivity index (χ0n) is 17.2. The largest absolute Gasteiger partial charge is 0.351 e. The summed E-state index contributed by atoms with van der Waals surface area (Å²) in [5, 5.41) is 5.48. The number of hydrogen-bond donors (Lipinski definition) is 2. The molecule has 0 radical (unpaired) electrons. The SMILES string of the molecule is B[C@H]1C(F)=C(c2nc(NC3CC(F)(F)C3)nc(NC3CC(F)(F)C3)n2)CCC1(B)B. The molecule has 0 unspecified atom stereocenters. The molecule has 160 valence electrons. The highest BCUT2D eigenvalue weighted by Gasteiger charge is 2.47. The lowest BCUT2D eigenvalue weighted by Crippen LogP contribution is -2.45. The summed E-state index contributed by atoms with van der Waals surface area (Å²) in [7, 11) is 5.80. The van der Waals surface area contributed by atoms with Crippen LogP contribution in [-0.2, 0) is 0 Å². The van der Waals surface area contributed by atoms with Crippen molar-refractivity contribution in [3.8, 4) is 0 Å². The summed E-state index contributed by atoms with van der Waals surface area (Å²) < 4.78 is 67.8. The van der Waals surface area contributed by atoms with Gasteiger partial charge in [-0.2, -0.15) is 15.0 Å². The molecular formula is C17H23B3F5N5. The first-order chi connectivity index (χ1) is 13.8. The number of anilines is 2. The van der Waals surface area contributed by atoms with Gasteiger partial charge in [0, 0.05) is 43.3 Å². The zero-order valence-corrected chi connectivity index (χ0v) is 17.2. The molecule has 0 amide bonds. The average molecular weight is 425 g/mol. The maximum atomic E-state index is 15.1. The zero-order chi connectivity index (χ0) is 21.9. The van der Waals surface area contributed by atoms with Gasteiger partial charge < -0.3 is 10.6 Å². The molecule has 4 rings (SSSR count). The highest BCUT2D eigenvalue weighted by atomic mass is 19.3. The molecule has 1 aromatic rings. The summed E-state index contributed by atoms with van der Waals surface area (Å²) in [5.41, 5.74) is 0.355. The van der Waals surface area contributed by atoms with E-state index in [0.717, 1.165) is 6.42 Å². The van der Waals surface area contributed by atoms with E-state index in [1.165, 1.54) is 0 Å². The van der Waals surface area contributed by atoms with E-state index in [-0.39, 0.29) is 60.3 Å². The van der Waals surface area contributed by atoms with Gasteiger partial charge in [0.25, 0.3) is 11.8 Å². The Balaban J connectivity index is 1.61. The van der Waals surface area contributed by atoms with Crippen LogP contribution in [0, 0.1) is 0 Å². The Morgan fingerprint density at radius 2 is 1.30 bits per heavy atom. The summed E-state index contributed by atoms with van der Waals surface area (Å²) in [5.74, 6) is -5.86. The number of aromatic nitrogens is 3. The molecule has 0 aromatic carbocycles. The molecule has 0 saturated heterocycles. The third-order valence-corrected chi connectivity index (χ3v) is 6.61. The minimum atomic E-state index is -2.72. The fourth-order valence-electron chi connectivity index (χ4n) is 4.14. The topological polar surface area (TPSA) is 62.7 Å². The highest BCUT2D eigenvalue weighted by molar-refractivity contribution is 6.44. The molecule has 2 fully saturated rings. The van der Waals surface area contributed by atoms with Crippen molar-refractivity contribution in [2.45, 2.75) is 73.5 Å². The predicted molar refractivity (Wildman–Crippen MR) is 112 cm³/mol. The van der Waals surface area contributed by atoms with Crippen LogP contribution < -0.4 is 10.6 Å². The molecule has 0 spiro atoms. The molecule has 13 heteroatoms. The van der Waals surface area contributed by atoms with Crippen molar-refractivity contribution in [2.24, 2.45) is 0 Å². The molecule has 1 atom stereocenters. The Morgan fingerprint density at radius 3 is 1.73 bits per heavy atom. The second-order valence-corrected chi connectivity index (χ2v) is 9.55. The number of hydrogen-bond acceptors (Lipinski definition) is 5. The van der Waals surface area contributed by atoms with Crippen LogP contribution in [0.5, 0.6) is 0 Å². The van der Waals surface area contributed by atoms with Crippen molar-refractivity contribution in [1.82, 2.24) is 15.0 Å². The van der Waals surface area contributed by atoms with Crippen molar-refractivity contribution >= 4 is 41.0 Å². The Labute approximate surface area is 174 Å². The van der Waals surface area contributed by atoms with Gasteiger partial charge in [0.1, 0.15) is 13.7 Å². The second-order valence-electron chi connectivity index (χ2n) is 9.55. The number of rotatable bonds is 5. The molecule has 1 heterocycles. The van der Waals surface area contributed by atoms with E-state index in [1.54, 1.807) is 7.85 Å². The fraction of sp³-hybridized carbons (Fsp3) is 0.706. The van der Waals surface area contributed by atoms with Gasteiger partial charge in [-0.3, -0.25) is 0 Å². The maximum Gasteiger partial charge on any atom is 0.252 e. The maximum absolute atomic E-state index is 15.1. The summed E-state index contributed by atoms with van der Waals surface area (Å²) >= 11 is 0. The van der Waals surface area contributed by atoms with Gasteiger partial charge in [0.2, 0.25) is 11.9 Å². The molecule has 2 saturated carbocycles. The van der Waals surface area contributed by atoms with Gasteiger partial charge in [-0.1, -0.05) is 11.6 Å². The first-order valence-corrected chi connectivity index (χ1v) is 10.3. The quantitative estimate of drug-likeness (QED) is 0.555. The van der Waals surface area contributed by atoms with Crippen molar-refractivity contribution < 1.29 is 22.0 Å². The lowest BCUT2D eigenvalue weighted by atomic mass is 9.40. The van der Waals surface area contributed by atoms with Crippen LogP contribution in [0.15, 0.2) is 5.83 Å². The molecule has 30 heavy (non-hydrogen) atoms. The average Bonchev–Trinajstić information content (AvgIpc) is 2.56. The number of nitrogens with one attached hydrogen (secondary N) is 2. The van der Waals surface area contributed by atoms with Gasteiger partial charge in [0.05, 0.1) is 15.7 Å². The lowest BCUT2D eigenvalue weighted by Gasteiger charge is -2.37. The van der Waals surface area contributed by atoms with Gasteiger partial charge in [0.15, 0.2) is 5.82 Å². The molecule has 5 nitrogen and oxygen atoms in total. The summed E-state index contributed by atoms with van der Waals surface area (Å²) in [6.45, 7) is 0. The van der Waals surface area contributed by atoms with Gasteiger partial charge >= 0.3 is 0 Å². The third-order valence-electron chi connectivity index (χ3n) is 6.61. The first kappa shape index (κ1) is 21.4. The minimum Gasteiger partial charge on any atom is -0.351 e. The highest BCUT2D eigenvalue weighted by Crippen LogP contribution is 2.50. The second kappa shape index (κ2) is 7.12. The fourth-order valence-corrected chi connectivity index (χ4v) is 4.14. The summed E-state index contributed by atoms with van der Waals surface area (Å²) in [6, 6.07) is -1.00. The van der Waals surface area contributed by atoms with Crippen molar-refractivity contribution in [1.29, 1.82) is 0 Å². The molecule has 0 aliphatic heterocycles. The number of allylic oxidation sites excluding steroid dienone is 2. The Morgan fingerprint density at radius 1 is 0.833 bits per heavy atom. The minimum absolute atomic E-state index is 0.0480. The summed E-state index contributed by atoms with van der Waals surface area (Å²) in [4.78, 5) is 12.7. The van der Waals surface area contributed by atoms with Crippen LogP contribution in [-0.4, -0.2) is 62.4 Å². The standard InChI is InChI=1S/C17H23B3F5N5/c18-11-10(21)9(1-2-17(11,19)20)12-28-13(26-7-3-15(22,23)4-7)30-14(29-12)27-8-5-16(24,25)6-8/h7-8,11H,1-6,18-20H2,(H2,26,27,28,29,30)/t11-/m0/s1. The summed E-state index contributed by atoms with van der Waals surface area (Å²) in [6.07, 6.45) is -0.198. The van der Waals surface area contributed by atoms with Crippen molar-refractivity contribution in [2.75, 3.05) is 10.6 Å². The Kier molecular flexibility index (Phi) is 5.09. The number of alkyl halides is 4. The Bertz CT molecular complexity index is 821. The van der Waals surface area contributed by atoms with Crippen LogP contribution >= 0.6 is 0 Å². The van der Waals surface area contributed by atoms with Gasteiger partial charge in [-0.25, -0.2) is 22.0 Å². The van der Waals surface area contributed by atoms with Crippen LogP contribution in [0.4, 0.5) is 33.8 Å². The molecule has 1 aromatic heterocycles. The van der Waals surface area contributed by atoms with E-state index in [9.17, 15) is 17.6 Å². The van der Waals surface area contributed by atoms with Crippen molar-refractivity contribution in [3.05, 3.63) is 11.7 Å². The lowest BCUT2D eigenvalue weighted by molar-refractivity contribution is -0.0799. The molecule has 3 aliphatic carbocycles. The monoisotopic (exact) mass is 425 g/mol. The molecule has 2 N–H and O–H groups in total. The smallest absolute Gasteiger partial charge is 0.252 e. The van der Waals surface area contributed by atoms with Gasteiger partial charge in [-0.05, 0) is 12.2 Å². The number of halogens is 5. The normalized spacial score (nSPS) is 27.8. The van der Waals surface area contributed by atoms with Crippen molar-refractivity contribution in [3.63, 3.8) is 0 Å². The predicted octanol–water partition coefficient (Wildman–Crippen LogP) is 1.57. The van der Waals surface area contributed by atoms with E-state index in [1.807, 2.05) is 15.7 Å². The van der Waals surface area contributed by atoms with Gasteiger partial charge in [-0.15, -0.1) is 0 Å². The molecular weight excluding hydrogens is 402 g/mol. The van der Waals surface area contributed by atoms with E-state index >= 15 is 4.39 Å². The van der Waals surface area contributed by atoms with Crippen LogP contribution in [0.25, 0.3) is 5.57 Å². The van der Waals surface area contributed by atoms with E-state index in [2.05, 4.69) is 25.6 Å².